The molecule has 0 radical (unpaired) electrons. The molecule has 8 nitrogen and oxygen atoms in total. The number of carbonyl (C=O) groups excluding carboxylic acids is 3. The van der Waals surface area contributed by atoms with Gasteiger partial charge in [-0.15, -0.1) is 0 Å². The summed E-state index contributed by atoms with van der Waals surface area (Å²) in [6.07, 6.45) is 23.5. The number of carbonyl (C=O) groups is 3. The van der Waals surface area contributed by atoms with E-state index in [9.17, 15) is 14.4 Å². The van der Waals surface area contributed by atoms with Crippen LogP contribution in [-0.2, 0) is 28.6 Å². The van der Waals surface area contributed by atoms with E-state index < -0.39 is 17.3 Å². The van der Waals surface area contributed by atoms with E-state index in [0.29, 0.717) is 26.0 Å². The Labute approximate surface area is 248 Å². The number of unbranched alkanes of at least 4 members (excludes halogenated alkanes) is 5. The number of ether oxygens (including phenoxy) is 3. The first-order chi connectivity index (χ1) is 19.6. The van der Waals surface area contributed by atoms with E-state index in [0.717, 1.165) is 44.9 Å². The molecule has 2 amide bonds. The summed E-state index contributed by atoms with van der Waals surface area (Å²) in [4.78, 5) is 36.6. The first kappa shape index (κ1) is 36.6. The molecule has 1 atom stereocenters. The molecule has 1 aliphatic heterocycles. The van der Waals surface area contributed by atoms with Gasteiger partial charge in [-0.1, -0.05) is 76.5 Å². The molecule has 0 aromatic rings. The summed E-state index contributed by atoms with van der Waals surface area (Å²) in [5.41, 5.74) is -0.467. The predicted molar refractivity (Wildman–Crippen MR) is 164 cm³/mol. The minimum atomic E-state index is -0.826. The summed E-state index contributed by atoms with van der Waals surface area (Å²) in [7, 11) is 0. The lowest BCUT2D eigenvalue weighted by Crippen LogP contribution is -2.56. The minimum Gasteiger partial charge on any atom is -0.466 e. The minimum absolute atomic E-state index is 0.0432. The van der Waals surface area contributed by atoms with E-state index in [2.05, 4.69) is 54.0 Å². The van der Waals surface area contributed by atoms with Crippen LogP contribution in [0, 0.1) is 5.41 Å². The van der Waals surface area contributed by atoms with Crippen molar-refractivity contribution < 1.29 is 28.6 Å². The zero-order valence-electron chi connectivity index (χ0n) is 26.3. The summed E-state index contributed by atoms with van der Waals surface area (Å²) in [6.45, 7) is 10.8. The van der Waals surface area contributed by atoms with Crippen molar-refractivity contribution in [3.05, 3.63) is 36.5 Å². The lowest BCUT2D eigenvalue weighted by molar-refractivity contribution is -0.304. The Morgan fingerprint density at radius 1 is 0.805 bits per heavy atom. The van der Waals surface area contributed by atoms with Gasteiger partial charge in [-0.05, 0) is 58.8 Å². The summed E-state index contributed by atoms with van der Waals surface area (Å²) in [5, 5.41) is 5.65. The van der Waals surface area contributed by atoms with Crippen molar-refractivity contribution in [3.8, 4) is 0 Å². The number of esters is 1. The molecule has 41 heavy (non-hydrogen) atoms. The second-order valence-electron chi connectivity index (χ2n) is 11.7. The number of amides is 2. The van der Waals surface area contributed by atoms with Crippen LogP contribution < -0.4 is 10.6 Å². The van der Waals surface area contributed by atoms with Gasteiger partial charge in [0, 0.05) is 24.9 Å². The summed E-state index contributed by atoms with van der Waals surface area (Å²) >= 11 is 0. The Kier molecular flexibility index (Phi) is 19.0. The van der Waals surface area contributed by atoms with Gasteiger partial charge in [-0.2, -0.15) is 0 Å². The highest BCUT2D eigenvalue weighted by Gasteiger charge is 2.45. The highest BCUT2D eigenvalue weighted by atomic mass is 16.7. The molecule has 1 aliphatic rings. The second-order valence-corrected chi connectivity index (χ2v) is 11.7. The average molecular weight is 577 g/mol. The number of hydrogen-bond donors (Lipinski definition) is 2. The standard InChI is InChI=1S/C33H56N2O6/c1-6-7-8-9-10-11-12-13-14-15-16-17-18-19-20-22-28(36)34-24-21-26-39-29(37)23-25-35-31(38)30-32(2,3)27-40-33(4,5)41-30/h7-8,10-11,13-14,30H,6,9,12,15-27H2,1-5H3,(H,34,36)(H,35,38)/b8-7-,11-10-,14-13-. The van der Waals surface area contributed by atoms with Crippen LogP contribution in [0.1, 0.15) is 112 Å². The highest BCUT2D eigenvalue weighted by molar-refractivity contribution is 5.82. The van der Waals surface area contributed by atoms with Gasteiger partial charge in [0.2, 0.25) is 11.8 Å². The Bertz CT molecular complexity index is 847. The van der Waals surface area contributed by atoms with Gasteiger partial charge in [0.05, 0.1) is 19.6 Å². The zero-order valence-corrected chi connectivity index (χ0v) is 26.3. The molecule has 0 spiro atoms. The van der Waals surface area contributed by atoms with E-state index >= 15 is 0 Å². The Hall–Kier alpha value is -2.45. The molecule has 1 fully saturated rings. The van der Waals surface area contributed by atoms with Crippen molar-refractivity contribution in [1.82, 2.24) is 10.6 Å². The topological polar surface area (TPSA) is 103 Å². The molecule has 1 saturated heterocycles. The van der Waals surface area contributed by atoms with Crippen LogP contribution in [0.5, 0.6) is 0 Å². The number of nitrogens with one attached hydrogen (secondary N) is 2. The van der Waals surface area contributed by atoms with Gasteiger partial charge >= 0.3 is 5.97 Å². The maximum atomic E-state index is 12.6. The summed E-state index contributed by atoms with van der Waals surface area (Å²) in [5.74, 6) is -1.43. The molecular weight excluding hydrogens is 520 g/mol. The maximum absolute atomic E-state index is 12.6. The molecule has 1 heterocycles. The van der Waals surface area contributed by atoms with Gasteiger partial charge in [-0.3, -0.25) is 14.4 Å². The Morgan fingerprint density at radius 3 is 2.20 bits per heavy atom. The molecule has 8 heteroatoms. The van der Waals surface area contributed by atoms with Crippen molar-refractivity contribution >= 4 is 17.8 Å². The van der Waals surface area contributed by atoms with Crippen LogP contribution >= 0.6 is 0 Å². The number of allylic oxidation sites excluding steroid dienone is 6. The SMILES string of the molecule is CC/C=C\C/C=C\C/C=C\CCCCCCCC(=O)NCCCOC(=O)CCNC(=O)C1OC(C)(C)OCC1(C)C. The third kappa shape index (κ3) is 18.6. The van der Waals surface area contributed by atoms with Gasteiger partial charge in [-0.25, -0.2) is 0 Å². The average Bonchev–Trinajstić information content (AvgIpc) is 2.92. The fourth-order valence-corrected chi connectivity index (χ4v) is 4.25. The zero-order chi connectivity index (χ0) is 30.4. The van der Waals surface area contributed by atoms with E-state index in [1.54, 1.807) is 13.8 Å². The van der Waals surface area contributed by atoms with Crippen molar-refractivity contribution in [2.45, 2.75) is 124 Å². The van der Waals surface area contributed by atoms with Gasteiger partial charge < -0.3 is 24.8 Å². The van der Waals surface area contributed by atoms with Crippen LogP contribution in [-0.4, -0.2) is 56.0 Å². The largest absolute Gasteiger partial charge is 0.466 e. The van der Waals surface area contributed by atoms with Crippen LogP contribution in [0.2, 0.25) is 0 Å². The maximum Gasteiger partial charge on any atom is 0.307 e. The summed E-state index contributed by atoms with van der Waals surface area (Å²) in [6, 6.07) is 0. The molecule has 234 valence electrons. The molecule has 0 aromatic carbocycles. The molecule has 0 bridgehead atoms. The van der Waals surface area contributed by atoms with Gasteiger partial charge in [0.15, 0.2) is 5.79 Å². The molecule has 1 rings (SSSR count). The van der Waals surface area contributed by atoms with E-state index in [-0.39, 0.29) is 37.4 Å². The lowest BCUT2D eigenvalue weighted by atomic mass is 9.85. The molecule has 0 saturated carbocycles. The predicted octanol–water partition coefficient (Wildman–Crippen LogP) is 6.31. The quantitative estimate of drug-likeness (QED) is 0.0943. The molecule has 0 aliphatic carbocycles. The lowest BCUT2D eigenvalue weighted by Gasteiger charge is -2.44. The van der Waals surface area contributed by atoms with Crippen LogP contribution in [0.25, 0.3) is 0 Å². The second kappa shape index (κ2) is 21.3. The van der Waals surface area contributed by atoms with Crippen molar-refractivity contribution in [2.75, 3.05) is 26.3 Å². The third-order valence-corrected chi connectivity index (χ3v) is 6.73. The summed E-state index contributed by atoms with van der Waals surface area (Å²) < 4.78 is 16.7. The Morgan fingerprint density at radius 2 is 1.46 bits per heavy atom. The monoisotopic (exact) mass is 576 g/mol. The molecular formula is C33H56N2O6. The van der Waals surface area contributed by atoms with E-state index in [4.69, 9.17) is 14.2 Å². The highest BCUT2D eigenvalue weighted by Crippen LogP contribution is 2.34. The molecule has 2 N–H and O–H groups in total. The van der Waals surface area contributed by atoms with Crippen molar-refractivity contribution in [1.29, 1.82) is 0 Å². The van der Waals surface area contributed by atoms with Gasteiger partial charge in [0.25, 0.3) is 0 Å². The van der Waals surface area contributed by atoms with Crippen LogP contribution in [0.4, 0.5) is 0 Å². The van der Waals surface area contributed by atoms with E-state index in [1.165, 1.54) is 12.8 Å². The molecule has 0 aromatic heterocycles. The fourth-order valence-electron chi connectivity index (χ4n) is 4.25. The smallest absolute Gasteiger partial charge is 0.307 e. The Balaban J connectivity index is 1.96. The molecule has 1 unspecified atom stereocenters. The first-order valence-electron chi connectivity index (χ1n) is 15.5. The number of rotatable bonds is 21. The van der Waals surface area contributed by atoms with Crippen molar-refractivity contribution in [2.24, 2.45) is 5.41 Å². The number of hydrogen-bond acceptors (Lipinski definition) is 6. The van der Waals surface area contributed by atoms with Crippen molar-refractivity contribution in [3.63, 3.8) is 0 Å². The van der Waals surface area contributed by atoms with E-state index in [1.807, 2.05) is 13.8 Å². The van der Waals surface area contributed by atoms with Crippen LogP contribution in [0.15, 0.2) is 36.5 Å². The normalized spacial score (nSPS) is 18.2. The fraction of sp³-hybridized carbons (Fsp3) is 0.727. The van der Waals surface area contributed by atoms with Crippen LogP contribution in [0.3, 0.4) is 0 Å². The third-order valence-electron chi connectivity index (χ3n) is 6.73. The first-order valence-corrected chi connectivity index (χ1v) is 15.5. The van der Waals surface area contributed by atoms with Gasteiger partial charge in [0.1, 0.15) is 6.10 Å².